The second kappa shape index (κ2) is 8.43. The highest BCUT2D eigenvalue weighted by atomic mass is 32.1. The van der Waals surface area contributed by atoms with Crippen LogP contribution in [0.3, 0.4) is 0 Å². The number of carbonyl (C=O) groups is 3. The number of nitrogens with one attached hydrogen (secondary N) is 1. The Kier molecular flexibility index (Phi) is 5.99. The first-order valence-corrected chi connectivity index (χ1v) is 9.69. The number of anilines is 1. The van der Waals surface area contributed by atoms with Crippen LogP contribution < -0.4 is 5.32 Å². The molecule has 0 saturated heterocycles. The fraction of sp³-hybridized carbons (Fsp3) is 0.350. The number of carbonyl (C=O) groups excluding carboxylic acids is 3. The van der Waals surface area contributed by atoms with Crippen LogP contribution in [0.2, 0.25) is 0 Å². The third-order valence-electron chi connectivity index (χ3n) is 4.59. The molecule has 0 spiro atoms. The van der Waals surface area contributed by atoms with Gasteiger partial charge >= 0.3 is 11.9 Å². The van der Waals surface area contributed by atoms with Gasteiger partial charge < -0.3 is 19.9 Å². The van der Waals surface area contributed by atoms with Gasteiger partial charge in [-0.3, -0.25) is 4.79 Å². The summed E-state index contributed by atoms with van der Waals surface area (Å²) in [5, 5.41) is 12.3. The molecule has 0 bridgehead atoms. The summed E-state index contributed by atoms with van der Waals surface area (Å²) in [5.74, 6) is -1.15. The lowest BCUT2D eigenvalue weighted by molar-refractivity contribution is -0.119. The number of fused-ring (bicyclic) bond motifs is 1. The summed E-state index contributed by atoms with van der Waals surface area (Å²) < 4.78 is 9.89. The maximum absolute atomic E-state index is 12.3. The standard InChI is InChI=1S/C20H21NO6S/c1-11-3-8-14-15(9-11)28-18(17(14)20(25)26-2)21-16(23)10-27-19(24)12-4-6-13(22)7-5-12/h4-7,11,22H,3,8-10H2,1-2H3,(H,21,23)/t11-/m1/s1. The van der Waals surface area contributed by atoms with Gasteiger partial charge in [0.1, 0.15) is 10.8 Å². The lowest BCUT2D eigenvalue weighted by Crippen LogP contribution is -2.22. The van der Waals surface area contributed by atoms with Crippen molar-refractivity contribution in [3.05, 3.63) is 45.8 Å². The fourth-order valence-corrected chi connectivity index (χ4v) is 4.55. The number of hydrogen-bond acceptors (Lipinski definition) is 7. The van der Waals surface area contributed by atoms with Crippen molar-refractivity contribution >= 4 is 34.2 Å². The van der Waals surface area contributed by atoms with Gasteiger partial charge in [-0.2, -0.15) is 0 Å². The summed E-state index contributed by atoms with van der Waals surface area (Å²) in [6.07, 6.45) is 2.60. The van der Waals surface area contributed by atoms with Crippen molar-refractivity contribution < 1.29 is 29.0 Å². The third kappa shape index (κ3) is 4.33. The van der Waals surface area contributed by atoms with Gasteiger partial charge in [-0.25, -0.2) is 9.59 Å². The predicted molar refractivity (Wildman–Crippen MR) is 104 cm³/mol. The molecular weight excluding hydrogens is 382 g/mol. The molecule has 0 radical (unpaired) electrons. The molecule has 1 heterocycles. The van der Waals surface area contributed by atoms with Crippen LogP contribution in [-0.2, 0) is 27.1 Å². The molecule has 1 aromatic carbocycles. The van der Waals surface area contributed by atoms with E-state index in [0.29, 0.717) is 16.5 Å². The van der Waals surface area contributed by atoms with Crippen molar-refractivity contribution in [2.75, 3.05) is 19.0 Å². The molecule has 1 aliphatic carbocycles. The van der Waals surface area contributed by atoms with E-state index in [1.165, 1.54) is 42.7 Å². The van der Waals surface area contributed by atoms with Crippen LogP contribution in [0.4, 0.5) is 5.00 Å². The van der Waals surface area contributed by atoms with Gasteiger partial charge in [-0.1, -0.05) is 6.92 Å². The summed E-state index contributed by atoms with van der Waals surface area (Å²) in [4.78, 5) is 37.6. The van der Waals surface area contributed by atoms with Gasteiger partial charge in [0.15, 0.2) is 6.61 Å². The van der Waals surface area contributed by atoms with Crippen LogP contribution in [0.15, 0.2) is 24.3 Å². The topological polar surface area (TPSA) is 102 Å². The molecule has 28 heavy (non-hydrogen) atoms. The second-order valence-electron chi connectivity index (χ2n) is 6.72. The average molecular weight is 403 g/mol. The van der Waals surface area contributed by atoms with Gasteiger partial charge in [0.25, 0.3) is 5.91 Å². The molecule has 1 atom stereocenters. The molecule has 1 aromatic heterocycles. The zero-order chi connectivity index (χ0) is 20.3. The van der Waals surface area contributed by atoms with Crippen LogP contribution in [0, 0.1) is 5.92 Å². The van der Waals surface area contributed by atoms with E-state index in [4.69, 9.17) is 9.47 Å². The predicted octanol–water partition coefficient (Wildman–Crippen LogP) is 3.16. The highest BCUT2D eigenvalue weighted by Gasteiger charge is 2.29. The molecule has 2 N–H and O–H groups in total. The number of ether oxygens (including phenoxy) is 2. The number of phenolic OH excluding ortho intramolecular Hbond substituents is 1. The number of benzene rings is 1. The van der Waals surface area contributed by atoms with Gasteiger partial charge in [-0.15, -0.1) is 11.3 Å². The van der Waals surface area contributed by atoms with Crippen molar-refractivity contribution in [2.45, 2.75) is 26.2 Å². The van der Waals surface area contributed by atoms with E-state index >= 15 is 0 Å². The van der Waals surface area contributed by atoms with Crippen molar-refractivity contribution in [2.24, 2.45) is 5.92 Å². The number of esters is 2. The highest BCUT2D eigenvalue weighted by molar-refractivity contribution is 7.17. The molecule has 0 saturated carbocycles. The molecule has 0 fully saturated rings. The lowest BCUT2D eigenvalue weighted by Gasteiger charge is -2.18. The zero-order valence-corrected chi connectivity index (χ0v) is 16.4. The smallest absolute Gasteiger partial charge is 0.341 e. The van der Waals surface area contributed by atoms with E-state index in [9.17, 15) is 19.5 Å². The molecule has 148 valence electrons. The van der Waals surface area contributed by atoms with Gasteiger partial charge in [-0.05, 0) is 55.0 Å². The van der Waals surface area contributed by atoms with E-state index < -0.39 is 24.5 Å². The molecule has 1 aliphatic rings. The van der Waals surface area contributed by atoms with E-state index in [2.05, 4.69) is 12.2 Å². The molecule has 2 aromatic rings. The minimum atomic E-state index is -0.678. The fourth-order valence-electron chi connectivity index (χ4n) is 3.13. The average Bonchev–Trinajstić information content (AvgIpc) is 3.02. The monoisotopic (exact) mass is 403 g/mol. The quantitative estimate of drug-likeness (QED) is 0.744. The zero-order valence-electron chi connectivity index (χ0n) is 15.6. The van der Waals surface area contributed by atoms with E-state index in [1.54, 1.807) is 0 Å². The number of phenols is 1. The van der Waals surface area contributed by atoms with Crippen LogP contribution >= 0.6 is 11.3 Å². The van der Waals surface area contributed by atoms with Crippen molar-refractivity contribution in [1.29, 1.82) is 0 Å². The SMILES string of the molecule is COC(=O)c1c(NC(=O)COC(=O)c2ccc(O)cc2)sc2c1CC[C@@H](C)C2. The largest absolute Gasteiger partial charge is 0.508 e. The number of methoxy groups -OCH3 is 1. The molecular formula is C20H21NO6S. The summed E-state index contributed by atoms with van der Waals surface area (Å²) in [6.45, 7) is 1.67. The van der Waals surface area contributed by atoms with Crippen molar-refractivity contribution in [1.82, 2.24) is 0 Å². The molecule has 7 nitrogen and oxygen atoms in total. The van der Waals surface area contributed by atoms with Crippen LogP contribution in [0.5, 0.6) is 5.75 Å². The number of rotatable bonds is 5. The Hall–Kier alpha value is -2.87. The number of amides is 1. The van der Waals surface area contributed by atoms with Gasteiger partial charge in [0.2, 0.25) is 0 Å². The van der Waals surface area contributed by atoms with Crippen LogP contribution in [0.1, 0.15) is 44.5 Å². The Balaban J connectivity index is 1.69. The Morgan fingerprint density at radius 1 is 1.21 bits per heavy atom. The first kappa shape index (κ1) is 19.9. The molecule has 0 aliphatic heterocycles. The Bertz CT molecular complexity index is 902. The molecule has 1 amide bonds. The van der Waals surface area contributed by atoms with E-state index in [-0.39, 0.29) is 11.3 Å². The van der Waals surface area contributed by atoms with Crippen molar-refractivity contribution in [3.8, 4) is 5.75 Å². The highest BCUT2D eigenvalue weighted by Crippen LogP contribution is 2.40. The summed E-state index contributed by atoms with van der Waals surface area (Å²) >= 11 is 1.37. The van der Waals surface area contributed by atoms with Gasteiger partial charge in [0.05, 0.1) is 18.2 Å². The Morgan fingerprint density at radius 2 is 1.93 bits per heavy atom. The first-order chi connectivity index (χ1) is 13.4. The maximum Gasteiger partial charge on any atom is 0.341 e. The van der Waals surface area contributed by atoms with E-state index in [1.807, 2.05) is 0 Å². The van der Waals surface area contributed by atoms with Crippen LogP contribution in [-0.4, -0.2) is 36.7 Å². The maximum atomic E-state index is 12.3. The van der Waals surface area contributed by atoms with Crippen LogP contribution in [0.25, 0.3) is 0 Å². The van der Waals surface area contributed by atoms with E-state index in [0.717, 1.165) is 29.7 Å². The summed E-state index contributed by atoms with van der Waals surface area (Å²) in [5.41, 5.74) is 1.56. The molecule has 0 unspecified atom stereocenters. The first-order valence-electron chi connectivity index (χ1n) is 8.88. The van der Waals surface area contributed by atoms with Crippen molar-refractivity contribution in [3.63, 3.8) is 0 Å². The molecule has 3 rings (SSSR count). The Labute approximate surface area is 166 Å². The number of aromatic hydroxyl groups is 1. The van der Waals surface area contributed by atoms with Gasteiger partial charge in [0, 0.05) is 4.88 Å². The minimum absolute atomic E-state index is 0.0283. The summed E-state index contributed by atoms with van der Waals surface area (Å²) in [7, 11) is 1.31. The molecule has 8 heteroatoms. The Morgan fingerprint density at radius 3 is 2.61 bits per heavy atom. The summed E-state index contributed by atoms with van der Waals surface area (Å²) in [6, 6.07) is 5.52. The third-order valence-corrected chi connectivity index (χ3v) is 5.76. The number of thiophene rings is 1. The lowest BCUT2D eigenvalue weighted by atomic mass is 9.88. The number of hydrogen-bond donors (Lipinski definition) is 2. The minimum Gasteiger partial charge on any atom is -0.508 e. The normalized spacial score (nSPS) is 15.4. The second-order valence-corrected chi connectivity index (χ2v) is 7.82.